The second-order valence-electron chi connectivity index (χ2n) is 7.42. The third-order valence-electron chi connectivity index (χ3n) is 4.91. The number of aromatic nitrogens is 2. The van der Waals surface area contributed by atoms with E-state index in [4.69, 9.17) is 9.72 Å². The highest BCUT2D eigenvalue weighted by Crippen LogP contribution is 2.29. The number of carbonyl (C=O) groups is 1. The van der Waals surface area contributed by atoms with Gasteiger partial charge in [-0.25, -0.2) is 9.37 Å². The van der Waals surface area contributed by atoms with Gasteiger partial charge in [-0.1, -0.05) is 29.5 Å². The van der Waals surface area contributed by atoms with E-state index in [1.165, 1.54) is 41.6 Å². The molecule has 0 saturated heterocycles. The van der Waals surface area contributed by atoms with Crippen LogP contribution in [0.3, 0.4) is 0 Å². The van der Waals surface area contributed by atoms with Crippen LogP contribution in [0.1, 0.15) is 12.5 Å². The van der Waals surface area contributed by atoms with Crippen LogP contribution < -0.4 is 10.1 Å². The van der Waals surface area contributed by atoms with Gasteiger partial charge in [0.15, 0.2) is 5.16 Å². The van der Waals surface area contributed by atoms with E-state index in [1.807, 2.05) is 73.1 Å². The van der Waals surface area contributed by atoms with E-state index < -0.39 is 0 Å². The lowest BCUT2D eigenvalue weighted by atomic mass is 10.1. The van der Waals surface area contributed by atoms with Crippen molar-refractivity contribution >= 4 is 23.4 Å². The minimum absolute atomic E-state index is 0.170. The molecule has 0 saturated carbocycles. The quantitative estimate of drug-likeness (QED) is 0.321. The van der Waals surface area contributed by atoms with E-state index in [-0.39, 0.29) is 17.5 Å². The molecule has 0 aliphatic heterocycles. The van der Waals surface area contributed by atoms with Crippen molar-refractivity contribution in [2.75, 3.05) is 17.7 Å². The smallest absolute Gasteiger partial charge is 0.234 e. The van der Waals surface area contributed by atoms with Gasteiger partial charge >= 0.3 is 0 Å². The van der Waals surface area contributed by atoms with Crippen molar-refractivity contribution in [3.05, 3.63) is 90.4 Å². The summed E-state index contributed by atoms with van der Waals surface area (Å²) in [7, 11) is 0. The lowest BCUT2D eigenvalue weighted by molar-refractivity contribution is -0.113. The first-order valence-corrected chi connectivity index (χ1v) is 11.6. The molecule has 0 unspecified atom stereocenters. The lowest BCUT2D eigenvalue weighted by Gasteiger charge is -2.08. The van der Waals surface area contributed by atoms with Gasteiger partial charge in [0.25, 0.3) is 0 Å². The Hall–Kier alpha value is -3.58. The van der Waals surface area contributed by atoms with Crippen LogP contribution >= 0.6 is 11.8 Å². The van der Waals surface area contributed by atoms with Crippen molar-refractivity contribution in [1.29, 1.82) is 0 Å². The van der Waals surface area contributed by atoms with E-state index in [0.29, 0.717) is 17.5 Å². The molecule has 0 atom stereocenters. The summed E-state index contributed by atoms with van der Waals surface area (Å²) in [5, 5.41) is 3.49. The highest BCUT2D eigenvalue weighted by Gasteiger charge is 2.14. The summed E-state index contributed by atoms with van der Waals surface area (Å²) in [4.78, 5) is 17.3. The molecule has 0 fully saturated rings. The molecular weight excluding hydrogens is 437 g/mol. The Balaban J connectivity index is 1.56. The molecule has 1 N–H and O–H groups in total. The fourth-order valence-electron chi connectivity index (χ4n) is 3.24. The number of anilines is 1. The topological polar surface area (TPSA) is 56.1 Å². The number of benzene rings is 3. The molecule has 33 heavy (non-hydrogen) atoms. The molecule has 0 radical (unpaired) electrons. The van der Waals surface area contributed by atoms with Crippen LogP contribution in [-0.2, 0) is 4.79 Å². The minimum Gasteiger partial charge on any atom is -0.494 e. The maximum atomic E-state index is 13.1. The molecule has 0 aliphatic carbocycles. The maximum absolute atomic E-state index is 13.1. The van der Waals surface area contributed by atoms with E-state index in [2.05, 4.69) is 5.32 Å². The molecular formula is C26H24FN3O2S. The summed E-state index contributed by atoms with van der Waals surface area (Å²) in [6.45, 7) is 4.60. The Morgan fingerprint density at radius 1 is 1.03 bits per heavy atom. The number of thioether (sulfide) groups is 1. The zero-order valence-electron chi connectivity index (χ0n) is 18.4. The number of nitrogens with zero attached hydrogens (tertiary/aromatic N) is 2. The van der Waals surface area contributed by atoms with E-state index in [0.717, 1.165) is 22.7 Å². The van der Waals surface area contributed by atoms with Gasteiger partial charge in [-0.3, -0.25) is 9.36 Å². The molecule has 0 spiro atoms. The molecule has 7 heteroatoms. The summed E-state index contributed by atoms with van der Waals surface area (Å²) in [6.07, 6.45) is 1.97. The Bertz CT molecular complexity index is 1220. The highest BCUT2D eigenvalue weighted by molar-refractivity contribution is 7.99. The van der Waals surface area contributed by atoms with Gasteiger partial charge in [-0.05, 0) is 74.5 Å². The van der Waals surface area contributed by atoms with Crippen molar-refractivity contribution in [3.63, 3.8) is 0 Å². The number of halogens is 1. The van der Waals surface area contributed by atoms with Gasteiger partial charge in [0.05, 0.1) is 18.1 Å². The summed E-state index contributed by atoms with van der Waals surface area (Å²) in [6, 6.07) is 21.6. The van der Waals surface area contributed by atoms with E-state index in [9.17, 15) is 9.18 Å². The van der Waals surface area contributed by atoms with Crippen molar-refractivity contribution in [2.24, 2.45) is 0 Å². The fraction of sp³-hybridized carbons (Fsp3) is 0.154. The average molecular weight is 462 g/mol. The van der Waals surface area contributed by atoms with Crippen molar-refractivity contribution < 1.29 is 13.9 Å². The van der Waals surface area contributed by atoms with Crippen LogP contribution in [0.2, 0.25) is 0 Å². The maximum Gasteiger partial charge on any atom is 0.234 e. The second-order valence-corrected chi connectivity index (χ2v) is 8.36. The third-order valence-corrected chi connectivity index (χ3v) is 5.86. The molecule has 0 bridgehead atoms. The predicted molar refractivity (Wildman–Crippen MR) is 131 cm³/mol. The molecule has 168 valence electrons. The summed E-state index contributed by atoms with van der Waals surface area (Å²) in [5.41, 5.74) is 4.45. The Kier molecular flexibility index (Phi) is 7.10. The van der Waals surface area contributed by atoms with E-state index >= 15 is 0 Å². The number of imidazole rings is 1. The Morgan fingerprint density at radius 2 is 1.73 bits per heavy atom. The molecule has 1 heterocycles. The number of carbonyl (C=O) groups excluding carboxylic acids is 1. The van der Waals surface area contributed by atoms with Crippen LogP contribution in [0.5, 0.6) is 5.75 Å². The molecule has 1 aromatic heterocycles. The van der Waals surface area contributed by atoms with Gasteiger partial charge in [0.2, 0.25) is 5.91 Å². The van der Waals surface area contributed by atoms with Gasteiger partial charge < -0.3 is 10.1 Å². The Morgan fingerprint density at radius 3 is 2.39 bits per heavy atom. The molecule has 4 rings (SSSR count). The first kappa shape index (κ1) is 22.6. The van der Waals surface area contributed by atoms with Crippen molar-refractivity contribution in [3.8, 4) is 22.7 Å². The molecule has 4 aromatic rings. The predicted octanol–water partition coefficient (Wildman–Crippen LogP) is 6.12. The summed E-state index contributed by atoms with van der Waals surface area (Å²) >= 11 is 1.34. The third kappa shape index (κ3) is 5.81. The molecule has 1 amide bonds. The second kappa shape index (κ2) is 10.4. The van der Waals surface area contributed by atoms with Crippen LogP contribution in [0.4, 0.5) is 10.1 Å². The molecule has 0 aliphatic rings. The van der Waals surface area contributed by atoms with Gasteiger partial charge in [0, 0.05) is 23.1 Å². The summed E-state index contributed by atoms with van der Waals surface area (Å²) in [5.74, 6) is 0.450. The van der Waals surface area contributed by atoms with Crippen molar-refractivity contribution in [1.82, 2.24) is 9.55 Å². The molecule has 5 nitrogen and oxygen atoms in total. The highest BCUT2D eigenvalue weighted by atomic mass is 32.2. The van der Waals surface area contributed by atoms with E-state index in [1.54, 1.807) is 0 Å². The average Bonchev–Trinajstić information content (AvgIpc) is 3.25. The fourth-order valence-corrected chi connectivity index (χ4v) is 4.04. The number of hydrogen-bond acceptors (Lipinski definition) is 4. The standard InChI is InChI=1S/C26H24FN3O2S/c1-3-32-23-14-6-19(7-15-23)24-16-30(22-12-4-18(2)5-13-22)26(29-24)33-17-25(31)28-21-10-8-20(27)9-11-21/h4-16H,3,17H2,1-2H3,(H,28,31). The number of nitrogens with one attached hydrogen (secondary N) is 1. The number of hydrogen-bond donors (Lipinski definition) is 1. The van der Waals surface area contributed by atoms with Crippen LogP contribution in [-0.4, -0.2) is 27.8 Å². The number of ether oxygens (including phenoxy) is 1. The van der Waals surface area contributed by atoms with Crippen LogP contribution in [0, 0.1) is 12.7 Å². The number of rotatable bonds is 8. The largest absolute Gasteiger partial charge is 0.494 e. The minimum atomic E-state index is -0.343. The first-order chi connectivity index (χ1) is 16.0. The van der Waals surface area contributed by atoms with Crippen LogP contribution in [0.15, 0.2) is 84.1 Å². The first-order valence-electron chi connectivity index (χ1n) is 10.6. The normalized spacial score (nSPS) is 10.8. The number of aryl methyl sites for hydroxylation is 1. The van der Waals surface area contributed by atoms with Gasteiger partial charge in [-0.2, -0.15) is 0 Å². The monoisotopic (exact) mass is 461 g/mol. The van der Waals surface area contributed by atoms with Crippen LogP contribution in [0.25, 0.3) is 16.9 Å². The SMILES string of the molecule is CCOc1ccc(-c2cn(-c3ccc(C)cc3)c(SCC(=O)Nc3ccc(F)cc3)n2)cc1. The van der Waals surface area contributed by atoms with Crippen molar-refractivity contribution in [2.45, 2.75) is 19.0 Å². The zero-order valence-corrected chi connectivity index (χ0v) is 19.2. The zero-order chi connectivity index (χ0) is 23.2. The summed E-state index contributed by atoms with van der Waals surface area (Å²) < 4.78 is 20.6. The van der Waals surface area contributed by atoms with Gasteiger partial charge in [-0.15, -0.1) is 0 Å². The lowest BCUT2D eigenvalue weighted by Crippen LogP contribution is -2.14. The number of amides is 1. The van der Waals surface area contributed by atoms with Gasteiger partial charge in [0.1, 0.15) is 11.6 Å². The Labute approximate surface area is 196 Å². The molecule has 3 aromatic carbocycles.